The van der Waals surface area contributed by atoms with Crippen LogP contribution in [0.3, 0.4) is 0 Å². The van der Waals surface area contributed by atoms with E-state index in [1.807, 2.05) is 6.07 Å². The molecule has 0 saturated carbocycles. The predicted molar refractivity (Wildman–Crippen MR) is 130 cm³/mol. The minimum atomic E-state index is -3.60. The number of halogens is 2. The van der Waals surface area contributed by atoms with Gasteiger partial charge >= 0.3 is 0 Å². The van der Waals surface area contributed by atoms with Crippen molar-refractivity contribution >= 4 is 55.6 Å². The van der Waals surface area contributed by atoms with Crippen LogP contribution in [0.25, 0.3) is 16.6 Å². The third-order valence-corrected chi connectivity index (χ3v) is 5.77. The fourth-order valence-electron chi connectivity index (χ4n) is 3.34. The molecule has 2 N–H and O–H groups in total. The lowest BCUT2D eigenvalue weighted by atomic mass is 10.2. The third kappa shape index (κ3) is 4.92. The maximum absolute atomic E-state index is 13.5. The third-order valence-electron chi connectivity index (χ3n) is 4.68. The van der Waals surface area contributed by atoms with E-state index in [4.69, 9.17) is 28.2 Å². The van der Waals surface area contributed by atoms with Crippen molar-refractivity contribution < 1.29 is 8.42 Å². The van der Waals surface area contributed by atoms with Gasteiger partial charge in [0.25, 0.3) is 5.56 Å². The van der Waals surface area contributed by atoms with Gasteiger partial charge in [-0.15, -0.1) is 0 Å². The van der Waals surface area contributed by atoms with Crippen molar-refractivity contribution in [1.29, 1.82) is 0 Å². The van der Waals surface area contributed by atoms with Crippen molar-refractivity contribution in [1.82, 2.24) is 19.5 Å². The van der Waals surface area contributed by atoms with Crippen LogP contribution in [-0.2, 0) is 10.0 Å². The zero-order valence-corrected chi connectivity index (χ0v) is 19.8. The minimum Gasteiger partial charge on any atom is -0.358 e. The molecule has 0 bridgehead atoms. The molecule has 0 aliphatic carbocycles. The molecule has 0 unspecified atom stereocenters. The molecule has 2 aromatic heterocycles. The first-order chi connectivity index (χ1) is 15.6. The summed E-state index contributed by atoms with van der Waals surface area (Å²) in [6.07, 6.45) is 2.26. The van der Waals surface area contributed by atoms with Crippen LogP contribution in [0, 0.1) is 0 Å². The Labute approximate surface area is 199 Å². The van der Waals surface area contributed by atoms with Gasteiger partial charge in [0, 0.05) is 0 Å². The second-order valence-corrected chi connectivity index (χ2v) is 9.72. The van der Waals surface area contributed by atoms with Crippen LogP contribution < -0.4 is 15.6 Å². The number of sulfonamides is 1. The summed E-state index contributed by atoms with van der Waals surface area (Å²) in [5.74, 6) is 0.494. The van der Waals surface area contributed by atoms with Gasteiger partial charge in [0.2, 0.25) is 15.3 Å². The number of para-hydroxylation sites is 1. The summed E-state index contributed by atoms with van der Waals surface area (Å²) >= 11 is 12.3. The summed E-state index contributed by atoms with van der Waals surface area (Å²) in [5.41, 5.74) is 0.788. The lowest BCUT2D eigenvalue weighted by molar-refractivity contribution is 0.606. The number of benzene rings is 2. The second-order valence-electron chi connectivity index (χ2n) is 7.22. The van der Waals surface area contributed by atoms with Crippen LogP contribution in [-0.4, -0.2) is 34.2 Å². The van der Waals surface area contributed by atoms with E-state index in [2.05, 4.69) is 20.0 Å². The molecule has 9 nitrogen and oxygen atoms in total. The maximum atomic E-state index is 13.5. The van der Waals surface area contributed by atoms with Gasteiger partial charge in [-0.1, -0.05) is 35.9 Å². The van der Waals surface area contributed by atoms with Crippen LogP contribution in [0.4, 0.5) is 11.5 Å². The highest BCUT2D eigenvalue weighted by atomic mass is 35.5. The molecule has 0 radical (unpaired) electrons. The van der Waals surface area contributed by atoms with Crippen molar-refractivity contribution in [3.05, 3.63) is 81.2 Å². The molecule has 0 saturated heterocycles. The number of nitrogens with one attached hydrogen (secondary N) is 2. The van der Waals surface area contributed by atoms with E-state index in [1.54, 1.807) is 49.4 Å². The van der Waals surface area contributed by atoms with E-state index >= 15 is 0 Å². The van der Waals surface area contributed by atoms with Crippen molar-refractivity contribution in [3.8, 4) is 5.69 Å². The highest BCUT2D eigenvalue weighted by molar-refractivity contribution is 7.92. The SMILES string of the molecule is C[C@H](Nc1nc(Cl)ncc1NS(C)(=O)=O)c1nc2cccc(Cl)c2c(=O)n1-c1ccccc1. The highest BCUT2D eigenvalue weighted by Gasteiger charge is 2.21. The normalized spacial score (nSPS) is 12.5. The van der Waals surface area contributed by atoms with Gasteiger partial charge in [-0.2, -0.15) is 4.98 Å². The van der Waals surface area contributed by atoms with Crippen LogP contribution in [0.2, 0.25) is 10.3 Å². The van der Waals surface area contributed by atoms with E-state index in [-0.39, 0.29) is 22.3 Å². The molecule has 0 aliphatic rings. The van der Waals surface area contributed by atoms with Gasteiger partial charge < -0.3 is 5.32 Å². The quantitative estimate of drug-likeness (QED) is 0.380. The van der Waals surface area contributed by atoms with E-state index in [0.717, 1.165) is 6.26 Å². The second kappa shape index (κ2) is 8.97. The first-order valence-corrected chi connectivity index (χ1v) is 12.3. The predicted octanol–water partition coefficient (Wildman–Crippen LogP) is 4.03. The van der Waals surface area contributed by atoms with Crippen molar-refractivity contribution in [3.63, 3.8) is 0 Å². The molecule has 0 spiro atoms. The van der Waals surface area contributed by atoms with E-state index in [1.165, 1.54) is 10.8 Å². The fraction of sp³-hybridized carbons (Fsp3) is 0.143. The Morgan fingerprint density at radius 2 is 1.76 bits per heavy atom. The van der Waals surface area contributed by atoms with E-state index < -0.39 is 16.1 Å². The smallest absolute Gasteiger partial charge is 0.267 e. The molecule has 0 amide bonds. The number of hydrogen-bond acceptors (Lipinski definition) is 7. The lowest BCUT2D eigenvalue weighted by Crippen LogP contribution is -2.28. The highest BCUT2D eigenvalue weighted by Crippen LogP contribution is 2.27. The Kier molecular flexibility index (Phi) is 6.24. The summed E-state index contributed by atoms with van der Waals surface area (Å²) in [5, 5.41) is 3.60. The van der Waals surface area contributed by atoms with Gasteiger partial charge in [-0.05, 0) is 42.8 Å². The topological polar surface area (TPSA) is 119 Å². The Morgan fingerprint density at radius 1 is 1.03 bits per heavy atom. The molecule has 1 atom stereocenters. The van der Waals surface area contributed by atoms with Crippen molar-refractivity contribution in [2.24, 2.45) is 0 Å². The monoisotopic (exact) mass is 504 g/mol. The molecule has 0 fully saturated rings. The van der Waals surface area contributed by atoms with Gasteiger partial charge in [0.05, 0.1) is 40.1 Å². The van der Waals surface area contributed by atoms with Crippen LogP contribution in [0.1, 0.15) is 18.8 Å². The number of nitrogens with zero attached hydrogens (tertiary/aromatic N) is 4. The average Bonchev–Trinajstić information content (AvgIpc) is 2.75. The van der Waals surface area contributed by atoms with E-state index in [9.17, 15) is 13.2 Å². The fourth-order valence-corrected chi connectivity index (χ4v) is 4.27. The number of fused-ring (bicyclic) bond motifs is 1. The average molecular weight is 505 g/mol. The minimum absolute atomic E-state index is 0.0811. The molecule has 2 aromatic carbocycles. The summed E-state index contributed by atoms with van der Waals surface area (Å²) in [4.78, 5) is 26.1. The summed E-state index contributed by atoms with van der Waals surface area (Å²) < 4.78 is 27.3. The molecule has 33 heavy (non-hydrogen) atoms. The number of rotatable bonds is 6. The summed E-state index contributed by atoms with van der Waals surface area (Å²) in [6, 6.07) is 13.4. The van der Waals surface area contributed by atoms with Gasteiger partial charge in [0.15, 0.2) is 5.82 Å². The van der Waals surface area contributed by atoms with Crippen molar-refractivity contribution in [2.75, 3.05) is 16.3 Å². The standard InChI is InChI=1S/C21H18Cl2N6O3S/c1-12(25-18-16(28-33(2,31)32)11-24-21(23)27-18)19-26-15-10-6-9-14(22)17(15)20(30)29(19)13-7-4-3-5-8-13/h3-12,28H,1-2H3,(H,24,25,27)/t12-/m0/s1. The molecule has 0 aliphatic heterocycles. The largest absolute Gasteiger partial charge is 0.358 e. The molecule has 4 rings (SSSR count). The zero-order chi connectivity index (χ0) is 23.8. The van der Waals surface area contributed by atoms with E-state index in [0.29, 0.717) is 27.4 Å². The molecule has 12 heteroatoms. The molecule has 4 aromatic rings. The molecule has 170 valence electrons. The van der Waals surface area contributed by atoms with Crippen molar-refractivity contribution in [2.45, 2.75) is 13.0 Å². The zero-order valence-electron chi connectivity index (χ0n) is 17.5. The Hall–Kier alpha value is -3.21. The molecule has 2 heterocycles. The Bertz CT molecular complexity index is 1510. The van der Waals surface area contributed by atoms with Gasteiger partial charge in [-0.25, -0.2) is 18.4 Å². The Balaban J connectivity index is 1.89. The number of anilines is 2. The van der Waals surface area contributed by atoms with Crippen LogP contribution >= 0.6 is 23.2 Å². The Morgan fingerprint density at radius 3 is 2.45 bits per heavy atom. The number of hydrogen-bond donors (Lipinski definition) is 2. The van der Waals surface area contributed by atoms with Gasteiger partial charge in [0.1, 0.15) is 11.5 Å². The maximum Gasteiger partial charge on any atom is 0.267 e. The molecular weight excluding hydrogens is 487 g/mol. The summed E-state index contributed by atoms with van der Waals surface area (Å²) in [6.45, 7) is 1.76. The van der Waals surface area contributed by atoms with Crippen LogP contribution in [0.15, 0.2) is 59.5 Å². The van der Waals surface area contributed by atoms with Crippen LogP contribution in [0.5, 0.6) is 0 Å². The molecular formula is C21H18Cl2N6O3S. The summed E-state index contributed by atoms with van der Waals surface area (Å²) in [7, 11) is -3.60. The first kappa shape index (κ1) is 23.0. The lowest BCUT2D eigenvalue weighted by Gasteiger charge is -2.21. The van der Waals surface area contributed by atoms with Gasteiger partial charge in [-0.3, -0.25) is 14.1 Å². The number of aromatic nitrogens is 4. The first-order valence-electron chi connectivity index (χ1n) is 9.67.